The van der Waals surface area contributed by atoms with Crippen LogP contribution >= 0.6 is 23.4 Å². The van der Waals surface area contributed by atoms with Crippen LogP contribution in [0.25, 0.3) is 0 Å². The summed E-state index contributed by atoms with van der Waals surface area (Å²) in [7, 11) is 0. The molecule has 1 aliphatic rings. The summed E-state index contributed by atoms with van der Waals surface area (Å²) in [6.07, 6.45) is 2.93. The van der Waals surface area contributed by atoms with Gasteiger partial charge in [-0.25, -0.2) is 0 Å². The summed E-state index contributed by atoms with van der Waals surface area (Å²) in [5.41, 5.74) is 0. The van der Waals surface area contributed by atoms with Gasteiger partial charge in [0, 0.05) is 0 Å². The van der Waals surface area contributed by atoms with E-state index in [9.17, 15) is 8.78 Å². The van der Waals surface area contributed by atoms with Crippen molar-refractivity contribution in [3.8, 4) is 0 Å². The Labute approximate surface area is 89.2 Å². The average Bonchev–Trinajstić information content (AvgIpc) is 2.72. The zero-order chi connectivity index (χ0) is 10.4. The standard InChI is InChI=1S/C4H8S.C3ClF2N3/c1-2-4-5-3-1;4-2-1(5)3(6)8-9-7-2/h1-4H2;. The fourth-order valence-corrected chi connectivity index (χ4v) is 1.92. The zero-order valence-corrected chi connectivity index (χ0v) is 8.78. The Morgan fingerprint density at radius 2 is 1.79 bits per heavy atom. The molecule has 14 heavy (non-hydrogen) atoms. The third-order valence-corrected chi connectivity index (χ3v) is 2.85. The highest BCUT2D eigenvalue weighted by molar-refractivity contribution is 7.99. The predicted octanol–water partition coefficient (Wildman–Crippen LogP) is 2.32. The van der Waals surface area contributed by atoms with E-state index < -0.39 is 16.9 Å². The van der Waals surface area contributed by atoms with E-state index in [1.54, 1.807) is 0 Å². The van der Waals surface area contributed by atoms with Gasteiger partial charge in [-0.05, 0) is 29.6 Å². The molecule has 0 spiro atoms. The average molecular weight is 240 g/mol. The molecular formula is C7H8ClF2N3S. The van der Waals surface area contributed by atoms with Gasteiger partial charge in [0.2, 0.25) is 5.82 Å². The molecule has 0 N–H and O–H groups in total. The lowest BCUT2D eigenvalue weighted by Crippen LogP contribution is -1.96. The van der Waals surface area contributed by atoms with Gasteiger partial charge in [0.05, 0.1) is 0 Å². The minimum absolute atomic E-state index is 0.609. The van der Waals surface area contributed by atoms with Gasteiger partial charge in [-0.3, -0.25) is 0 Å². The maximum atomic E-state index is 12.1. The Bertz CT molecular complexity index is 268. The number of nitrogens with zero attached hydrogens (tertiary/aromatic N) is 3. The SMILES string of the molecule is C1CCSC1.Fc1nnnc(Cl)c1F. The summed E-state index contributed by atoms with van der Waals surface area (Å²) in [5.74, 6) is 0.224. The molecule has 1 aliphatic heterocycles. The molecule has 0 bridgehead atoms. The largest absolute Gasteiger partial charge is 0.273 e. The van der Waals surface area contributed by atoms with Crippen molar-refractivity contribution in [2.75, 3.05) is 11.5 Å². The Balaban J connectivity index is 0.000000165. The zero-order valence-electron chi connectivity index (χ0n) is 7.21. The van der Waals surface area contributed by atoms with E-state index in [4.69, 9.17) is 11.6 Å². The van der Waals surface area contributed by atoms with Gasteiger partial charge in [-0.1, -0.05) is 16.7 Å². The van der Waals surface area contributed by atoms with Gasteiger partial charge < -0.3 is 0 Å². The quantitative estimate of drug-likeness (QED) is 0.697. The van der Waals surface area contributed by atoms with Gasteiger partial charge in [0.15, 0.2) is 5.15 Å². The first-order chi connectivity index (χ1) is 6.72. The molecule has 0 aromatic carbocycles. The van der Waals surface area contributed by atoms with E-state index in [-0.39, 0.29) is 0 Å². The van der Waals surface area contributed by atoms with Crippen LogP contribution in [0.5, 0.6) is 0 Å². The van der Waals surface area contributed by atoms with E-state index in [2.05, 4.69) is 27.2 Å². The molecule has 0 unspecified atom stereocenters. The monoisotopic (exact) mass is 239 g/mol. The van der Waals surface area contributed by atoms with Crippen LogP contribution in [-0.4, -0.2) is 26.9 Å². The molecule has 2 rings (SSSR count). The van der Waals surface area contributed by atoms with Crippen molar-refractivity contribution in [1.82, 2.24) is 15.4 Å². The number of halogens is 3. The highest BCUT2D eigenvalue weighted by Crippen LogP contribution is 2.14. The molecule has 3 nitrogen and oxygen atoms in total. The molecule has 0 saturated carbocycles. The molecule has 0 amide bonds. The Morgan fingerprint density at radius 1 is 1.14 bits per heavy atom. The lowest BCUT2D eigenvalue weighted by atomic mass is 10.4. The second-order valence-corrected chi connectivity index (χ2v) is 4.09. The summed E-state index contributed by atoms with van der Waals surface area (Å²) in [6, 6.07) is 0. The fourth-order valence-electron chi connectivity index (χ4n) is 0.784. The minimum atomic E-state index is -1.34. The first-order valence-electron chi connectivity index (χ1n) is 3.99. The number of aromatic nitrogens is 3. The molecular weight excluding hydrogens is 232 g/mol. The summed E-state index contributed by atoms with van der Waals surface area (Å²) in [4.78, 5) is 0. The van der Waals surface area contributed by atoms with Crippen molar-refractivity contribution < 1.29 is 8.78 Å². The van der Waals surface area contributed by atoms with Crippen molar-refractivity contribution in [1.29, 1.82) is 0 Å². The number of thioether (sulfide) groups is 1. The molecule has 78 valence electrons. The van der Waals surface area contributed by atoms with Crippen LogP contribution in [-0.2, 0) is 0 Å². The van der Waals surface area contributed by atoms with Gasteiger partial charge in [0.25, 0.3) is 5.95 Å². The second kappa shape index (κ2) is 6.08. The highest BCUT2D eigenvalue weighted by atomic mass is 35.5. The number of hydrogen-bond acceptors (Lipinski definition) is 4. The van der Waals surface area contributed by atoms with Crippen molar-refractivity contribution in [2.24, 2.45) is 0 Å². The molecule has 0 atom stereocenters. The minimum Gasteiger partial charge on any atom is -0.198 e. The summed E-state index contributed by atoms with van der Waals surface area (Å²) >= 11 is 7.06. The van der Waals surface area contributed by atoms with Crippen molar-refractivity contribution in [3.05, 3.63) is 16.9 Å². The van der Waals surface area contributed by atoms with Gasteiger partial charge in [0.1, 0.15) is 0 Å². The van der Waals surface area contributed by atoms with Crippen LogP contribution in [0.4, 0.5) is 8.78 Å². The Hall–Kier alpha value is -0.490. The summed E-state index contributed by atoms with van der Waals surface area (Å²) in [6.45, 7) is 0. The smallest absolute Gasteiger partial charge is 0.198 e. The van der Waals surface area contributed by atoms with Crippen molar-refractivity contribution in [3.63, 3.8) is 0 Å². The normalized spacial score (nSPS) is 14.8. The lowest BCUT2D eigenvalue weighted by Gasteiger charge is -1.87. The first kappa shape index (κ1) is 11.6. The van der Waals surface area contributed by atoms with E-state index in [0.29, 0.717) is 0 Å². The fraction of sp³-hybridized carbons (Fsp3) is 0.571. The van der Waals surface area contributed by atoms with E-state index >= 15 is 0 Å². The predicted molar refractivity (Wildman–Crippen MR) is 51.3 cm³/mol. The van der Waals surface area contributed by atoms with Gasteiger partial charge in [-0.2, -0.15) is 20.5 Å². The molecule has 2 heterocycles. The summed E-state index contributed by atoms with van der Waals surface area (Å²) < 4.78 is 24.0. The number of hydrogen-bond donors (Lipinski definition) is 0. The maximum absolute atomic E-state index is 12.1. The molecule has 0 aliphatic carbocycles. The summed E-state index contributed by atoms with van der Waals surface area (Å²) in [5, 5.41) is 7.77. The lowest BCUT2D eigenvalue weighted by molar-refractivity contribution is 0.452. The van der Waals surface area contributed by atoms with Crippen LogP contribution in [0.2, 0.25) is 5.15 Å². The third kappa shape index (κ3) is 3.71. The Morgan fingerprint density at radius 3 is 2.14 bits per heavy atom. The molecule has 1 aromatic heterocycles. The molecule has 1 saturated heterocycles. The van der Waals surface area contributed by atoms with Crippen LogP contribution in [0.3, 0.4) is 0 Å². The van der Waals surface area contributed by atoms with E-state index in [1.165, 1.54) is 24.3 Å². The second-order valence-electron chi connectivity index (χ2n) is 2.50. The van der Waals surface area contributed by atoms with E-state index in [1.807, 2.05) is 0 Å². The first-order valence-corrected chi connectivity index (χ1v) is 5.52. The van der Waals surface area contributed by atoms with Crippen LogP contribution in [0.15, 0.2) is 0 Å². The van der Waals surface area contributed by atoms with Crippen LogP contribution in [0.1, 0.15) is 12.8 Å². The van der Waals surface area contributed by atoms with Gasteiger partial charge >= 0.3 is 0 Å². The molecule has 1 fully saturated rings. The van der Waals surface area contributed by atoms with Crippen molar-refractivity contribution >= 4 is 23.4 Å². The van der Waals surface area contributed by atoms with E-state index in [0.717, 1.165) is 0 Å². The molecule has 1 aromatic rings. The van der Waals surface area contributed by atoms with Gasteiger partial charge in [-0.15, -0.1) is 5.10 Å². The Kier molecular flexibility index (Phi) is 5.03. The topological polar surface area (TPSA) is 38.7 Å². The number of rotatable bonds is 0. The van der Waals surface area contributed by atoms with Crippen LogP contribution < -0.4 is 0 Å². The third-order valence-electron chi connectivity index (χ3n) is 1.45. The molecule has 7 heteroatoms. The maximum Gasteiger partial charge on any atom is 0.273 e. The molecule has 0 radical (unpaired) electrons. The van der Waals surface area contributed by atoms with Crippen molar-refractivity contribution in [2.45, 2.75) is 12.8 Å². The highest BCUT2D eigenvalue weighted by Gasteiger charge is 2.07. The van der Waals surface area contributed by atoms with Crippen LogP contribution in [0, 0.1) is 11.8 Å².